The van der Waals surface area contributed by atoms with Gasteiger partial charge in [-0.15, -0.1) is 0 Å². The molecule has 0 aliphatic heterocycles. The quantitative estimate of drug-likeness (QED) is 0.257. The Kier molecular flexibility index (Phi) is 8.40. The number of hydrogen-bond donors (Lipinski definition) is 0. The first-order chi connectivity index (χ1) is 16.6. The maximum Gasteiger partial charge on any atom is 0.343 e. The minimum absolute atomic E-state index is 0.183. The van der Waals surface area contributed by atoms with Gasteiger partial charge in [0.15, 0.2) is 15.4 Å². The van der Waals surface area contributed by atoms with Crippen LogP contribution in [-0.4, -0.2) is 37.8 Å². The molecule has 0 saturated heterocycles. The molecule has 35 heavy (non-hydrogen) atoms. The first-order valence-corrected chi connectivity index (χ1v) is 13.4. The fraction of sp³-hybridized carbons (Fsp3) is 0.333. The summed E-state index contributed by atoms with van der Waals surface area (Å²) in [6, 6.07) is 13.9. The summed E-state index contributed by atoms with van der Waals surface area (Å²) in [7, 11) is -3.36. The molecule has 0 N–H and O–H groups in total. The first-order valence-electron chi connectivity index (χ1n) is 11.5. The maximum absolute atomic E-state index is 13.5. The minimum Gasteiger partial charge on any atom is -0.423 e. The van der Waals surface area contributed by atoms with Crippen molar-refractivity contribution in [1.82, 2.24) is 4.98 Å². The largest absolute Gasteiger partial charge is 0.423 e. The summed E-state index contributed by atoms with van der Waals surface area (Å²) in [5, 5.41) is 0. The zero-order valence-electron chi connectivity index (χ0n) is 20.4. The number of nitrogens with zero attached hydrogens (tertiary/aromatic N) is 1. The highest BCUT2D eigenvalue weighted by atomic mass is 32.2. The number of carbonyl (C=O) groups excluding carboxylic acids is 1. The van der Waals surface area contributed by atoms with E-state index in [4.69, 9.17) is 9.47 Å². The van der Waals surface area contributed by atoms with Gasteiger partial charge in [0.25, 0.3) is 0 Å². The van der Waals surface area contributed by atoms with Gasteiger partial charge < -0.3 is 9.47 Å². The van der Waals surface area contributed by atoms with Gasteiger partial charge in [-0.25, -0.2) is 17.6 Å². The number of carbonyl (C=O) groups is 1. The molecule has 0 aliphatic rings. The molecule has 0 amide bonds. The number of ether oxygens (including phenoxy) is 2. The standard InChI is InChI=1S/C27H30FNO5S/c1-5-7-16-33-27(3,6-2)26(30)34-22-17-24(19-10-14-23(15-11-19)35(4,31)32)25(29-18-22)20-8-12-21(28)13-9-20/h8-15,17-18H,5-7,16H2,1-4H3. The fourth-order valence-electron chi connectivity index (χ4n) is 3.40. The third-order valence-electron chi connectivity index (χ3n) is 5.81. The van der Waals surface area contributed by atoms with E-state index in [-0.39, 0.29) is 16.5 Å². The fourth-order valence-corrected chi connectivity index (χ4v) is 4.03. The predicted molar refractivity (Wildman–Crippen MR) is 133 cm³/mol. The van der Waals surface area contributed by atoms with Crippen molar-refractivity contribution in [2.24, 2.45) is 0 Å². The molecule has 1 atom stereocenters. The topological polar surface area (TPSA) is 82.6 Å². The summed E-state index contributed by atoms with van der Waals surface area (Å²) in [5.41, 5.74) is 1.37. The van der Waals surface area contributed by atoms with E-state index in [2.05, 4.69) is 4.98 Å². The molecule has 0 saturated carbocycles. The molecule has 1 unspecified atom stereocenters. The summed E-state index contributed by atoms with van der Waals surface area (Å²) in [6.07, 6.45) is 4.81. The van der Waals surface area contributed by atoms with Crippen molar-refractivity contribution in [2.45, 2.75) is 50.5 Å². The molecule has 0 radical (unpaired) electrons. The maximum atomic E-state index is 13.5. The highest BCUT2D eigenvalue weighted by molar-refractivity contribution is 7.90. The molecule has 0 spiro atoms. The Bertz CT molecular complexity index is 1270. The summed E-state index contributed by atoms with van der Waals surface area (Å²) >= 11 is 0. The highest BCUT2D eigenvalue weighted by Crippen LogP contribution is 2.34. The molecule has 0 fully saturated rings. The number of halogens is 1. The molecule has 8 heteroatoms. The second-order valence-corrected chi connectivity index (χ2v) is 10.6. The summed E-state index contributed by atoms with van der Waals surface area (Å²) in [5.74, 6) is -0.673. The van der Waals surface area contributed by atoms with Crippen LogP contribution in [0, 0.1) is 5.82 Å². The lowest BCUT2D eigenvalue weighted by molar-refractivity contribution is -0.161. The molecular formula is C27H30FNO5S. The van der Waals surface area contributed by atoms with E-state index in [1.54, 1.807) is 37.3 Å². The Labute approximate surface area is 206 Å². The normalized spacial score (nSPS) is 13.3. The van der Waals surface area contributed by atoms with Crippen LogP contribution in [0.4, 0.5) is 4.39 Å². The van der Waals surface area contributed by atoms with Crippen LogP contribution in [0.5, 0.6) is 5.75 Å². The zero-order chi connectivity index (χ0) is 25.6. The molecule has 2 aromatic carbocycles. The van der Waals surface area contributed by atoms with E-state index >= 15 is 0 Å². The molecule has 186 valence electrons. The molecule has 0 bridgehead atoms. The summed E-state index contributed by atoms with van der Waals surface area (Å²) in [6.45, 7) is 6.06. The third-order valence-corrected chi connectivity index (χ3v) is 6.94. The number of benzene rings is 2. The van der Waals surface area contributed by atoms with Crippen LogP contribution < -0.4 is 4.74 Å². The van der Waals surface area contributed by atoms with Crippen molar-refractivity contribution in [3.8, 4) is 28.1 Å². The second kappa shape index (κ2) is 11.1. The Morgan fingerprint density at radius 1 is 1.03 bits per heavy atom. The minimum atomic E-state index is -3.36. The number of rotatable bonds is 10. The van der Waals surface area contributed by atoms with Gasteiger partial charge in [0.05, 0.1) is 16.8 Å². The number of hydrogen-bond acceptors (Lipinski definition) is 6. The monoisotopic (exact) mass is 499 g/mol. The second-order valence-electron chi connectivity index (χ2n) is 8.55. The average molecular weight is 500 g/mol. The van der Waals surface area contributed by atoms with Gasteiger partial charge in [-0.1, -0.05) is 32.4 Å². The van der Waals surface area contributed by atoms with E-state index in [1.807, 2.05) is 13.8 Å². The van der Waals surface area contributed by atoms with E-state index in [1.165, 1.54) is 30.5 Å². The Balaban J connectivity index is 2.01. The van der Waals surface area contributed by atoms with Crippen molar-refractivity contribution in [2.75, 3.05) is 12.9 Å². The lowest BCUT2D eigenvalue weighted by atomic mass is 9.99. The third kappa shape index (κ3) is 6.52. The number of aromatic nitrogens is 1. The highest BCUT2D eigenvalue weighted by Gasteiger charge is 2.34. The Hall–Kier alpha value is -3.10. The molecule has 3 rings (SSSR count). The van der Waals surface area contributed by atoms with Crippen LogP contribution in [0.2, 0.25) is 0 Å². The van der Waals surface area contributed by atoms with Crippen LogP contribution in [0.15, 0.2) is 65.7 Å². The van der Waals surface area contributed by atoms with Gasteiger partial charge in [0.2, 0.25) is 0 Å². The summed E-state index contributed by atoms with van der Waals surface area (Å²) < 4.78 is 48.8. The van der Waals surface area contributed by atoms with Gasteiger partial charge >= 0.3 is 5.97 Å². The van der Waals surface area contributed by atoms with E-state index in [9.17, 15) is 17.6 Å². The average Bonchev–Trinajstić information content (AvgIpc) is 2.84. The van der Waals surface area contributed by atoms with E-state index in [0.29, 0.717) is 35.4 Å². The van der Waals surface area contributed by atoms with Crippen molar-refractivity contribution < 1.29 is 27.1 Å². The molecule has 1 heterocycles. The molecular weight excluding hydrogens is 469 g/mol. The molecule has 6 nitrogen and oxygen atoms in total. The van der Waals surface area contributed by atoms with Gasteiger partial charge in [0.1, 0.15) is 11.6 Å². The Morgan fingerprint density at radius 3 is 2.23 bits per heavy atom. The lowest BCUT2D eigenvalue weighted by Gasteiger charge is -2.26. The van der Waals surface area contributed by atoms with Crippen molar-refractivity contribution in [3.63, 3.8) is 0 Å². The van der Waals surface area contributed by atoms with E-state index < -0.39 is 21.4 Å². The summed E-state index contributed by atoms with van der Waals surface area (Å²) in [4.78, 5) is 17.7. The van der Waals surface area contributed by atoms with Crippen LogP contribution >= 0.6 is 0 Å². The number of unbranched alkanes of at least 4 members (excludes halogenated alkanes) is 1. The van der Waals surface area contributed by atoms with Crippen molar-refractivity contribution in [1.29, 1.82) is 0 Å². The SMILES string of the molecule is CCCCOC(C)(CC)C(=O)Oc1cnc(-c2ccc(F)cc2)c(-c2ccc(S(C)(=O)=O)cc2)c1. The van der Waals surface area contributed by atoms with Crippen LogP contribution in [0.1, 0.15) is 40.0 Å². The van der Waals surface area contributed by atoms with Crippen LogP contribution in [0.25, 0.3) is 22.4 Å². The van der Waals surface area contributed by atoms with Gasteiger partial charge in [-0.2, -0.15) is 0 Å². The van der Waals surface area contributed by atoms with Crippen molar-refractivity contribution in [3.05, 3.63) is 66.6 Å². The van der Waals surface area contributed by atoms with Crippen LogP contribution in [0.3, 0.4) is 0 Å². The number of sulfone groups is 1. The van der Waals surface area contributed by atoms with Crippen molar-refractivity contribution >= 4 is 15.8 Å². The predicted octanol–water partition coefficient (Wildman–Crippen LogP) is 5.85. The van der Waals surface area contributed by atoms with Crippen LogP contribution in [-0.2, 0) is 19.4 Å². The zero-order valence-corrected chi connectivity index (χ0v) is 21.2. The van der Waals surface area contributed by atoms with E-state index in [0.717, 1.165) is 19.1 Å². The number of esters is 1. The molecule has 0 aliphatic carbocycles. The smallest absolute Gasteiger partial charge is 0.343 e. The van der Waals surface area contributed by atoms with Gasteiger partial charge in [-0.05, 0) is 67.8 Å². The van der Waals surface area contributed by atoms with Gasteiger partial charge in [-0.3, -0.25) is 4.98 Å². The molecule has 1 aromatic heterocycles. The Morgan fingerprint density at radius 2 is 1.66 bits per heavy atom. The lowest BCUT2D eigenvalue weighted by Crippen LogP contribution is -2.41. The number of pyridine rings is 1. The van der Waals surface area contributed by atoms with Gasteiger partial charge in [0, 0.05) is 24.0 Å². The first kappa shape index (κ1) is 26.5. The molecule has 3 aromatic rings.